The fraction of sp³-hybridized carbons (Fsp3) is 0.583. The molecule has 1 heterocycles. The van der Waals surface area contributed by atoms with Gasteiger partial charge in [-0.1, -0.05) is 6.92 Å². The van der Waals surface area contributed by atoms with Crippen molar-refractivity contribution in [1.82, 2.24) is 10.2 Å². The average molecular weight is 253 g/mol. The minimum atomic E-state index is -0.977. The van der Waals surface area contributed by atoms with Crippen LogP contribution in [0.15, 0.2) is 11.9 Å². The largest absolute Gasteiger partial charge is 0.481 e. The zero-order valence-electron chi connectivity index (χ0n) is 10.7. The number of aliphatic carboxylic acids is 1. The molecule has 0 saturated carbocycles. The van der Waals surface area contributed by atoms with Crippen molar-refractivity contribution in [2.75, 3.05) is 13.1 Å². The Bertz CT molecular complexity index is 390. The molecule has 1 rings (SSSR count). The third-order valence-corrected chi connectivity index (χ3v) is 2.62. The van der Waals surface area contributed by atoms with Crippen LogP contribution in [0, 0.1) is 11.3 Å². The highest BCUT2D eigenvalue weighted by atomic mass is 16.4. The van der Waals surface area contributed by atoms with Gasteiger partial charge < -0.3 is 15.8 Å². The summed E-state index contributed by atoms with van der Waals surface area (Å²) in [5.41, 5.74) is 0.350. The number of nitrogens with zero attached hydrogens (tertiary/aromatic N) is 1. The van der Waals surface area contributed by atoms with E-state index in [2.05, 4.69) is 5.32 Å². The van der Waals surface area contributed by atoms with Gasteiger partial charge in [-0.3, -0.25) is 14.5 Å². The first-order chi connectivity index (χ1) is 8.40. The Hall–Kier alpha value is -1.85. The topological polar surface area (TPSA) is 93.5 Å². The molecule has 18 heavy (non-hydrogen) atoms. The number of allylic oxidation sites excluding steroid dienone is 1. The first-order valence-electron chi connectivity index (χ1n) is 5.93. The number of hydrogen-bond donors (Lipinski definition) is 3. The Morgan fingerprint density at radius 2 is 2.22 bits per heavy atom. The van der Waals surface area contributed by atoms with E-state index < -0.39 is 5.97 Å². The number of rotatable bonds is 4. The Labute approximate surface area is 106 Å². The number of carbonyl (C=O) groups excluding carboxylic acids is 1. The fourth-order valence-corrected chi connectivity index (χ4v) is 1.77. The molecule has 1 fully saturated rings. The number of nitrogens with one attached hydrogen (secondary N) is 2. The normalized spacial score (nSPS) is 21.6. The van der Waals surface area contributed by atoms with Crippen LogP contribution in [0.1, 0.15) is 26.7 Å². The minimum Gasteiger partial charge on any atom is -0.481 e. The zero-order valence-corrected chi connectivity index (χ0v) is 10.7. The molecular formula is C12H19N3O3. The van der Waals surface area contributed by atoms with Gasteiger partial charge in [0.05, 0.1) is 6.42 Å². The molecule has 1 saturated heterocycles. The molecule has 0 radical (unpaired) electrons. The van der Waals surface area contributed by atoms with Gasteiger partial charge in [0.15, 0.2) is 0 Å². The quantitative estimate of drug-likeness (QED) is 0.646. The van der Waals surface area contributed by atoms with Gasteiger partial charge in [0, 0.05) is 25.2 Å². The first kappa shape index (κ1) is 14.2. The van der Waals surface area contributed by atoms with Crippen LogP contribution < -0.4 is 5.32 Å². The fourth-order valence-electron chi connectivity index (χ4n) is 1.77. The monoisotopic (exact) mass is 253 g/mol. The van der Waals surface area contributed by atoms with Crippen LogP contribution in [-0.4, -0.2) is 40.7 Å². The van der Waals surface area contributed by atoms with Crippen molar-refractivity contribution in [3.05, 3.63) is 11.9 Å². The molecule has 6 heteroatoms. The van der Waals surface area contributed by atoms with E-state index in [0.717, 1.165) is 6.54 Å². The van der Waals surface area contributed by atoms with E-state index in [9.17, 15) is 9.59 Å². The molecule has 100 valence electrons. The highest BCUT2D eigenvalue weighted by Gasteiger charge is 2.25. The molecular weight excluding hydrogens is 234 g/mol. The molecule has 1 aliphatic rings. The third kappa shape index (κ3) is 4.20. The predicted octanol–water partition coefficient (Wildman–Crippen LogP) is 0.800. The van der Waals surface area contributed by atoms with Crippen molar-refractivity contribution in [2.45, 2.75) is 26.7 Å². The van der Waals surface area contributed by atoms with E-state index in [-0.39, 0.29) is 18.7 Å². The van der Waals surface area contributed by atoms with E-state index in [1.165, 1.54) is 4.90 Å². The number of hydrogen-bond acceptors (Lipinski definition) is 4. The SMILES string of the molecule is CC(=N)/C=C1\NCC(C)CN1C(=O)CCC(=O)O. The number of carbonyl (C=O) groups is 2. The molecule has 1 amide bonds. The van der Waals surface area contributed by atoms with Crippen LogP contribution in [-0.2, 0) is 9.59 Å². The average Bonchev–Trinajstić information content (AvgIpc) is 2.27. The number of amides is 1. The maximum atomic E-state index is 12.0. The number of carboxylic acids is 1. The van der Waals surface area contributed by atoms with Crippen LogP contribution in [0.2, 0.25) is 0 Å². The second-order valence-corrected chi connectivity index (χ2v) is 4.60. The lowest BCUT2D eigenvalue weighted by Gasteiger charge is -2.34. The van der Waals surface area contributed by atoms with Gasteiger partial charge in [-0.25, -0.2) is 0 Å². The second kappa shape index (κ2) is 6.18. The molecule has 0 aromatic rings. The summed E-state index contributed by atoms with van der Waals surface area (Å²) in [6, 6.07) is 0. The summed E-state index contributed by atoms with van der Waals surface area (Å²) < 4.78 is 0. The smallest absolute Gasteiger partial charge is 0.303 e. The minimum absolute atomic E-state index is 0.0158. The molecule has 3 N–H and O–H groups in total. The zero-order chi connectivity index (χ0) is 13.7. The summed E-state index contributed by atoms with van der Waals surface area (Å²) in [5.74, 6) is -0.294. The summed E-state index contributed by atoms with van der Waals surface area (Å²) in [4.78, 5) is 24.0. The van der Waals surface area contributed by atoms with Gasteiger partial charge in [-0.15, -0.1) is 0 Å². The Balaban J connectivity index is 2.75. The van der Waals surface area contributed by atoms with E-state index >= 15 is 0 Å². The maximum Gasteiger partial charge on any atom is 0.303 e. The molecule has 6 nitrogen and oxygen atoms in total. The summed E-state index contributed by atoms with van der Waals surface area (Å²) in [5, 5.41) is 19.1. The Kier molecular flexibility index (Phi) is 4.88. The van der Waals surface area contributed by atoms with Gasteiger partial charge >= 0.3 is 5.97 Å². The van der Waals surface area contributed by atoms with E-state index in [1.807, 2.05) is 6.92 Å². The molecule has 1 atom stereocenters. The Morgan fingerprint density at radius 1 is 1.56 bits per heavy atom. The summed E-state index contributed by atoms with van der Waals surface area (Å²) in [6.07, 6.45) is 1.41. The van der Waals surface area contributed by atoms with E-state index in [1.54, 1.807) is 13.0 Å². The van der Waals surface area contributed by atoms with Crippen molar-refractivity contribution >= 4 is 17.6 Å². The Morgan fingerprint density at radius 3 is 2.78 bits per heavy atom. The van der Waals surface area contributed by atoms with Crippen LogP contribution in [0.4, 0.5) is 0 Å². The predicted molar refractivity (Wildman–Crippen MR) is 67.2 cm³/mol. The third-order valence-electron chi connectivity index (χ3n) is 2.62. The van der Waals surface area contributed by atoms with Gasteiger partial charge in [0.2, 0.25) is 5.91 Å². The highest BCUT2D eigenvalue weighted by molar-refractivity contribution is 5.91. The van der Waals surface area contributed by atoms with Crippen molar-refractivity contribution < 1.29 is 14.7 Å². The van der Waals surface area contributed by atoms with E-state index in [0.29, 0.717) is 24.0 Å². The molecule has 0 spiro atoms. The van der Waals surface area contributed by atoms with Crippen molar-refractivity contribution in [1.29, 1.82) is 5.41 Å². The van der Waals surface area contributed by atoms with Crippen LogP contribution in [0.5, 0.6) is 0 Å². The van der Waals surface area contributed by atoms with Crippen LogP contribution >= 0.6 is 0 Å². The van der Waals surface area contributed by atoms with Crippen LogP contribution in [0.25, 0.3) is 0 Å². The summed E-state index contributed by atoms with van der Waals surface area (Å²) in [7, 11) is 0. The molecule has 0 aromatic carbocycles. The van der Waals surface area contributed by atoms with Gasteiger partial charge in [0.1, 0.15) is 5.82 Å². The lowest BCUT2D eigenvalue weighted by molar-refractivity contribution is -0.140. The summed E-state index contributed by atoms with van der Waals surface area (Å²) in [6.45, 7) is 4.96. The second-order valence-electron chi connectivity index (χ2n) is 4.60. The van der Waals surface area contributed by atoms with Gasteiger partial charge in [0.25, 0.3) is 0 Å². The van der Waals surface area contributed by atoms with Crippen molar-refractivity contribution in [3.8, 4) is 0 Å². The van der Waals surface area contributed by atoms with Crippen molar-refractivity contribution in [2.24, 2.45) is 5.92 Å². The van der Waals surface area contributed by atoms with Crippen LogP contribution in [0.3, 0.4) is 0 Å². The molecule has 1 unspecified atom stereocenters. The van der Waals surface area contributed by atoms with E-state index in [4.69, 9.17) is 10.5 Å². The number of carboxylic acid groups (broad SMARTS) is 1. The molecule has 0 aliphatic carbocycles. The highest BCUT2D eigenvalue weighted by Crippen LogP contribution is 2.14. The first-order valence-corrected chi connectivity index (χ1v) is 5.93. The molecule has 0 bridgehead atoms. The van der Waals surface area contributed by atoms with Gasteiger partial charge in [-0.05, 0) is 18.9 Å². The standard InChI is InChI=1S/C12H19N3O3/c1-8-6-14-10(5-9(2)13)15(7-8)11(16)3-4-12(17)18/h5,8,13-14H,3-4,6-7H2,1-2H3,(H,17,18)/b10-5+,13-9?. The lowest BCUT2D eigenvalue weighted by atomic mass is 10.1. The summed E-state index contributed by atoms with van der Waals surface area (Å²) >= 11 is 0. The maximum absolute atomic E-state index is 12.0. The lowest BCUT2D eigenvalue weighted by Crippen LogP contribution is -2.47. The van der Waals surface area contributed by atoms with Crippen molar-refractivity contribution in [3.63, 3.8) is 0 Å². The van der Waals surface area contributed by atoms with Gasteiger partial charge in [-0.2, -0.15) is 0 Å². The molecule has 1 aliphatic heterocycles. The molecule has 0 aromatic heterocycles.